The Morgan fingerprint density at radius 1 is 1.14 bits per heavy atom. The Bertz CT molecular complexity index is 802. The van der Waals surface area contributed by atoms with Gasteiger partial charge in [0.05, 0.1) is 5.69 Å². The summed E-state index contributed by atoms with van der Waals surface area (Å²) in [4.78, 5) is 21.1. The fraction of sp³-hybridized carbons (Fsp3) is 0.500. The van der Waals surface area contributed by atoms with Gasteiger partial charge in [-0.05, 0) is 59.2 Å². The van der Waals surface area contributed by atoms with E-state index in [1.165, 1.54) is 11.1 Å². The van der Waals surface area contributed by atoms with Gasteiger partial charge in [-0.3, -0.25) is 9.88 Å². The standard InChI is InChI=1S/C24H33N3O2/c1-18-6-9-20(10-7-18)22-11-8-19(16-25-22)17-26(5)21-12-14-27(15-13-21)23(28)29-24(2,3)4/h6-11,16,21H,12-15,17H2,1-5H3. The molecule has 0 spiro atoms. The molecule has 1 aliphatic rings. The Morgan fingerprint density at radius 2 is 1.79 bits per heavy atom. The SMILES string of the molecule is Cc1ccc(-c2ccc(CN(C)C3CCN(C(=O)OC(C)(C)C)CC3)cn2)cc1. The van der Waals surface area contributed by atoms with Crippen LogP contribution in [0.4, 0.5) is 4.79 Å². The highest BCUT2D eigenvalue weighted by molar-refractivity contribution is 5.68. The number of hydrogen-bond acceptors (Lipinski definition) is 4. The predicted molar refractivity (Wildman–Crippen MR) is 117 cm³/mol. The van der Waals surface area contributed by atoms with Crippen LogP contribution < -0.4 is 0 Å². The molecule has 29 heavy (non-hydrogen) atoms. The van der Waals surface area contributed by atoms with Gasteiger partial charge in [-0.1, -0.05) is 35.9 Å². The van der Waals surface area contributed by atoms with Crippen molar-refractivity contribution in [2.75, 3.05) is 20.1 Å². The molecule has 2 aromatic rings. The molecular formula is C24H33N3O2. The number of aryl methyl sites for hydroxylation is 1. The minimum Gasteiger partial charge on any atom is -0.444 e. The number of piperidine rings is 1. The third-order valence-electron chi connectivity index (χ3n) is 5.34. The van der Waals surface area contributed by atoms with Gasteiger partial charge in [-0.25, -0.2) is 4.79 Å². The van der Waals surface area contributed by atoms with Gasteiger partial charge in [0.25, 0.3) is 0 Å². The van der Waals surface area contributed by atoms with Crippen LogP contribution in [0.2, 0.25) is 0 Å². The summed E-state index contributed by atoms with van der Waals surface area (Å²) in [5, 5.41) is 0. The first kappa shape index (κ1) is 21.3. The summed E-state index contributed by atoms with van der Waals surface area (Å²) in [5.74, 6) is 0. The van der Waals surface area contributed by atoms with Gasteiger partial charge < -0.3 is 9.64 Å². The van der Waals surface area contributed by atoms with Crippen molar-refractivity contribution in [1.29, 1.82) is 0 Å². The zero-order valence-corrected chi connectivity index (χ0v) is 18.3. The zero-order valence-electron chi connectivity index (χ0n) is 18.3. The highest BCUT2D eigenvalue weighted by atomic mass is 16.6. The van der Waals surface area contributed by atoms with Gasteiger partial charge in [0, 0.05) is 37.4 Å². The average Bonchev–Trinajstić information content (AvgIpc) is 2.68. The summed E-state index contributed by atoms with van der Waals surface area (Å²) in [6.45, 7) is 10.2. The summed E-state index contributed by atoms with van der Waals surface area (Å²) in [6.07, 6.45) is 3.70. The first-order chi connectivity index (χ1) is 13.7. The van der Waals surface area contributed by atoms with E-state index in [-0.39, 0.29) is 6.09 Å². The van der Waals surface area contributed by atoms with E-state index in [1.54, 1.807) is 0 Å². The number of nitrogens with zero attached hydrogens (tertiary/aromatic N) is 3. The fourth-order valence-electron chi connectivity index (χ4n) is 3.65. The molecule has 1 aromatic carbocycles. The lowest BCUT2D eigenvalue weighted by Crippen LogP contribution is -2.46. The smallest absolute Gasteiger partial charge is 0.410 e. The van der Waals surface area contributed by atoms with Crippen molar-refractivity contribution in [2.24, 2.45) is 0 Å². The maximum atomic E-state index is 12.2. The van der Waals surface area contributed by atoms with Crippen molar-refractivity contribution in [3.63, 3.8) is 0 Å². The van der Waals surface area contributed by atoms with Crippen molar-refractivity contribution >= 4 is 6.09 Å². The first-order valence-corrected chi connectivity index (χ1v) is 10.4. The number of aromatic nitrogens is 1. The van der Waals surface area contributed by atoms with Crippen LogP contribution in [0.1, 0.15) is 44.7 Å². The largest absolute Gasteiger partial charge is 0.444 e. The van der Waals surface area contributed by atoms with Crippen LogP contribution in [-0.4, -0.2) is 52.7 Å². The van der Waals surface area contributed by atoms with E-state index in [2.05, 4.69) is 60.3 Å². The lowest BCUT2D eigenvalue weighted by Gasteiger charge is -2.37. The fourth-order valence-corrected chi connectivity index (χ4v) is 3.65. The van der Waals surface area contributed by atoms with Crippen molar-refractivity contribution in [3.05, 3.63) is 53.7 Å². The van der Waals surface area contributed by atoms with E-state index in [4.69, 9.17) is 4.74 Å². The summed E-state index contributed by atoms with van der Waals surface area (Å²) in [5.41, 5.74) is 4.16. The van der Waals surface area contributed by atoms with Gasteiger partial charge in [0.1, 0.15) is 5.60 Å². The molecule has 0 radical (unpaired) electrons. The molecular weight excluding hydrogens is 362 g/mol. The Balaban J connectivity index is 1.51. The zero-order chi connectivity index (χ0) is 21.0. The van der Waals surface area contributed by atoms with E-state index >= 15 is 0 Å². The van der Waals surface area contributed by atoms with Crippen molar-refractivity contribution in [2.45, 2.75) is 58.7 Å². The maximum absolute atomic E-state index is 12.2. The lowest BCUT2D eigenvalue weighted by molar-refractivity contribution is 0.0153. The second-order valence-corrected chi connectivity index (χ2v) is 9.03. The monoisotopic (exact) mass is 395 g/mol. The first-order valence-electron chi connectivity index (χ1n) is 10.4. The minimum absolute atomic E-state index is 0.200. The summed E-state index contributed by atoms with van der Waals surface area (Å²) < 4.78 is 5.49. The van der Waals surface area contributed by atoms with Crippen LogP contribution in [-0.2, 0) is 11.3 Å². The van der Waals surface area contributed by atoms with Gasteiger partial charge in [0.2, 0.25) is 0 Å². The van der Waals surface area contributed by atoms with Crippen LogP contribution in [0.5, 0.6) is 0 Å². The van der Waals surface area contributed by atoms with Gasteiger partial charge in [-0.2, -0.15) is 0 Å². The van der Waals surface area contributed by atoms with Gasteiger partial charge in [0.15, 0.2) is 0 Å². The predicted octanol–water partition coefficient (Wildman–Crippen LogP) is 4.89. The van der Waals surface area contributed by atoms with Crippen LogP contribution in [0, 0.1) is 6.92 Å². The quantitative estimate of drug-likeness (QED) is 0.739. The van der Waals surface area contributed by atoms with Crippen molar-refractivity contribution in [1.82, 2.24) is 14.8 Å². The normalized spacial score (nSPS) is 15.6. The number of carbonyl (C=O) groups excluding carboxylic acids is 1. The number of benzene rings is 1. The molecule has 1 amide bonds. The van der Waals surface area contributed by atoms with Crippen molar-refractivity contribution in [3.8, 4) is 11.3 Å². The van der Waals surface area contributed by atoms with Gasteiger partial charge in [-0.15, -0.1) is 0 Å². The highest BCUT2D eigenvalue weighted by Crippen LogP contribution is 2.21. The number of likely N-dealkylation sites (tertiary alicyclic amines) is 1. The third kappa shape index (κ3) is 6.04. The summed E-state index contributed by atoms with van der Waals surface area (Å²) >= 11 is 0. The number of hydrogen-bond donors (Lipinski definition) is 0. The Kier molecular flexibility index (Phi) is 6.58. The van der Waals surface area contributed by atoms with Crippen LogP contribution in [0.25, 0.3) is 11.3 Å². The Morgan fingerprint density at radius 3 is 2.34 bits per heavy atom. The molecule has 1 aromatic heterocycles. The Hall–Kier alpha value is -2.40. The van der Waals surface area contributed by atoms with E-state index in [0.717, 1.165) is 43.7 Å². The van der Waals surface area contributed by atoms with Crippen LogP contribution in [0.15, 0.2) is 42.6 Å². The van der Waals surface area contributed by atoms with Crippen LogP contribution >= 0.6 is 0 Å². The molecule has 2 heterocycles. The van der Waals surface area contributed by atoms with E-state index in [0.29, 0.717) is 6.04 Å². The van der Waals surface area contributed by atoms with E-state index in [9.17, 15) is 4.79 Å². The molecule has 0 saturated carbocycles. The molecule has 1 saturated heterocycles. The van der Waals surface area contributed by atoms with Crippen molar-refractivity contribution < 1.29 is 9.53 Å². The highest BCUT2D eigenvalue weighted by Gasteiger charge is 2.28. The van der Waals surface area contributed by atoms with E-state index in [1.807, 2.05) is 31.9 Å². The number of amides is 1. The molecule has 0 aliphatic carbocycles. The molecule has 3 rings (SSSR count). The van der Waals surface area contributed by atoms with Crippen LogP contribution in [0.3, 0.4) is 0 Å². The summed E-state index contributed by atoms with van der Waals surface area (Å²) in [7, 11) is 2.15. The topological polar surface area (TPSA) is 45.7 Å². The number of rotatable bonds is 4. The molecule has 156 valence electrons. The summed E-state index contributed by atoms with van der Waals surface area (Å²) in [6, 6.07) is 13.2. The maximum Gasteiger partial charge on any atom is 0.410 e. The molecule has 5 heteroatoms. The van der Waals surface area contributed by atoms with E-state index < -0.39 is 5.60 Å². The van der Waals surface area contributed by atoms with Gasteiger partial charge >= 0.3 is 6.09 Å². The second kappa shape index (κ2) is 8.95. The minimum atomic E-state index is -0.442. The lowest BCUT2D eigenvalue weighted by atomic mass is 10.0. The third-order valence-corrected chi connectivity index (χ3v) is 5.34. The molecule has 1 fully saturated rings. The molecule has 0 unspecified atom stereocenters. The number of carbonyl (C=O) groups is 1. The molecule has 1 aliphatic heterocycles. The number of pyridine rings is 1. The molecule has 5 nitrogen and oxygen atoms in total. The molecule has 0 N–H and O–H groups in total. The molecule has 0 bridgehead atoms. The average molecular weight is 396 g/mol. The molecule has 0 atom stereocenters. The number of ether oxygens (including phenoxy) is 1. The Labute approximate surface area is 174 Å². The second-order valence-electron chi connectivity index (χ2n) is 9.03.